The van der Waals surface area contributed by atoms with Crippen molar-refractivity contribution in [3.63, 3.8) is 0 Å². The first-order valence-corrected chi connectivity index (χ1v) is 69.7. The van der Waals surface area contributed by atoms with Crippen LogP contribution in [-0.4, -0.2) is 269 Å². The Morgan fingerprint density at radius 2 is 0.667 bits per heavy atom. The molecule has 764 valence electrons. The zero-order valence-electron chi connectivity index (χ0n) is 76.9. The van der Waals surface area contributed by atoms with Crippen molar-refractivity contribution in [3.8, 4) is 0 Å². The third-order valence-electron chi connectivity index (χ3n) is 24.3. The molecule has 0 heterocycles. The van der Waals surface area contributed by atoms with Crippen molar-refractivity contribution in [2.75, 3.05) is 167 Å². The first-order valence-electron chi connectivity index (χ1n) is 41.9. The molecule has 4 saturated carbocycles. The minimum absolute atomic E-state index is 0. The second-order valence-corrected chi connectivity index (χ2v) is 75.9. The van der Waals surface area contributed by atoms with E-state index in [2.05, 4.69) is 106 Å². The van der Waals surface area contributed by atoms with Gasteiger partial charge in [0, 0.05) is 229 Å². The summed E-state index contributed by atoms with van der Waals surface area (Å²) in [6.07, 6.45) is 29.3. The molecule has 4 fully saturated rings. The van der Waals surface area contributed by atoms with Gasteiger partial charge in [0.25, 0.3) is 0 Å². The molecular formula is C90H212O24Si12. The molecule has 6 atom stereocenters. The summed E-state index contributed by atoms with van der Waals surface area (Å²) in [7, 11) is 0.170. The fourth-order valence-corrected chi connectivity index (χ4v) is 72.8. The summed E-state index contributed by atoms with van der Waals surface area (Å²) >= 11 is 0. The minimum Gasteiger partial charge on any atom is -0.398 e. The van der Waals surface area contributed by atoms with Gasteiger partial charge in [-0.2, -0.15) is 0 Å². The van der Waals surface area contributed by atoms with Crippen LogP contribution in [0.4, 0.5) is 0 Å². The highest BCUT2D eigenvalue weighted by Crippen LogP contribution is 2.58. The predicted octanol–water partition coefficient (Wildman–Crippen LogP) is 24.6. The first-order chi connectivity index (χ1) is 54.2. The molecule has 7 rings (SSSR count). The van der Waals surface area contributed by atoms with Gasteiger partial charge in [0.15, 0.2) is 0 Å². The van der Waals surface area contributed by atoms with Crippen LogP contribution in [0.3, 0.4) is 0 Å². The van der Waals surface area contributed by atoms with Crippen molar-refractivity contribution in [1.29, 1.82) is 0 Å². The Morgan fingerprint density at radius 1 is 0.317 bits per heavy atom. The third kappa shape index (κ3) is 43.7. The predicted molar refractivity (Wildman–Crippen MR) is 567 cm³/mol. The lowest BCUT2D eigenvalue weighted by Crippen LogP contribution is -2.59. The van der Waals surface area contributed by atoms with Crippen molar-refractivity contribution in [1.82, 2.24) is 0 Å². The van der Waals surface area contributed by atoms with Crippen molar-refractivity contribution < 1.29 is 106 Å². The van der Waals surface area contributed by atoms with Crippen LogP contribution in [0.15, 0.2) is 79.4 Å². The molecule has 6 aliphatic carbocycles. The number of allylic oxidation sites excluding steroid dienone is 7. The van der Waals surface area contributed by atoms with Gasteiger partial charge in [-0.15, -0.1) is 6.58 Å². The van der Waals surface area contributed by atoms with Crippen molar-refractivity contribution in [3.05, 3.63) is 79.4 Å². The molecule has 6 unspecified atom stereocenters. The van der Waals surface area contributed by atoms with Crippen LogP contribution in [0.5, 0.6) is 0 Å². The maximum Gasteiger partial charge on any atom is 0.373 e. The molecule has 0 aliphatic heterocycles. The van der Waals surface area contributed by atoms with Crippen LogP contribution in [0.2, 0.25) is 101 Å². The van der Waals surface area contributed by atoms with Crippen LogP contribution in [-0.2, 0) is 106 Å². The van der Waals surface area contributed by atoms with Crippen molar-refractivity contribution in [2.24, 2.45) is 23.7 Å². The van der Waals surface area contributed by atoms with E-state index in [0.717, 1.165) is 70.5 Å². The topological polar surface area (TPSA) is 222 Å². The molecule has 0 amide bonds. The van der Waals surface area contributed by atoms with Gasteiger partial charge >= 0.3 is 103 Å². The average molecular weight is 2020 g/mol. The van der Waals surface area contributed by atoms with E-state index >= 15 is 0 Å². The zero-order chi connectivity index (χ0) is 86.0. The number of hydrogen-bond acceptors (Lipinski definition) is 24. The number of fused-ring (bicyclic) bond motifs is 4. The minimum atomic E-state index is -2.49. The quantitative estimate of drug-likeness (QED) is 0.0437. The molecule has 1 aromatic carbocycles. The molecule has 6 aliphatic rings. The molecule has 1 aromatic rings. The molecule has 0 radical (unpaired) electrons. The Bertz CT molecular complexity index is 2750. The molecular weight excluding hydrogens is 1800 g/mol. The summed E-state index contributed by atoms with van der Waals surface area (Å²) < 4.78 is 141. The van der Waals surface area contributed by atoms with Crippen molar-refractivity contribution in [2.45, 2.75) is 317 Å². The van der Waals surface area contributed by atoms with Crippen LogP contribution >= 0.6 is 0 Å². The van der Waals surface area contributed by atoms with Crippen molar-refractivity contribution >= 4 is 108 Å². The third-order valence-corrected chi connectivity index (χ3v) is 79.8. The maximum atomic E-state index is 6.49. The molecule has 126 heavy (non-hydrogen) atoms. The fourth-order valence-electron chi connectivity index (χ4n) is 17.7. The highest BCUT2D eigenvalue weighted by molar-refractivity contribution is 6.93. The summed E-state index contributed by atoms with van der Waals surface area (Å²) in [6, 6.07) is 10.8. The number of rotatable bonds is 51. The second-order valence-electron chi connectivity index (χ2n) is 31.2. The summed E-state index contributed by atoms with van der Waals surface area (Å²) in [5, 5.41) is 1.10. The number of hydrogen-bond donors (Lipinski definition) is 0. The van der Waals surface area contributed by atoms with Crippen LogP contribution < -0.4 is 5.19 Å². The lowest BCUT2D eigenvalue weighted by atomic mass is 10.0. The lowest BCUT2D eigenvalue weighted by Gasteiger charge is -2.42. The van der Waals surface area contributed by atoms with E-state index in [-0.39, 0.29) is 94.7 Å². The van der Waals surface area contributed by atoms with E-state index in [4.69, 9.17) is 106 Å². The Kier molecular flexibility index (Phi) is 87.3. The van der Waals surface area contributed by atoms with Crippen LogP contribution in [0, 0.1) is 23.7 Å². The average Bonchev–Trinajstić information content (AvgIpc) is 1.45. The van der Waals surface area contributed by atoms with Crippen LogP contribution in [0.1, 0.15) is 215 Å². The standard InChI is InChI=1S/C17H36O4Si2.C17H34O4Si2.C12H28O4Si2.C12H22O4Si2.C11H22O4Si2.C9H22O4Si2.12CH4/c2*1-6-18-22(5,19-7-2)14-23(20-8-3,21-9-4)17-13-15-10-11-16(17)12-15;2*1-13-17(5,14-2)11-18(15-3,16-4)12-9-7-6-8-10-12;1-12-16(5,13-2)10-17(14-3,15-4)11-8-6-7-9-11;1-7-8-15(12-4,13-5)9-14(6,10-2)11-3;;;;;;;;;;;;/h15-17H,6-14H2,1-5H3;10-11,15-17H,6-9,12-14H2,1-5H3;12H,6-11H2,1-5H3;6-10H,11H2,1-5H3;6-9,11H,10H2,1-5H3;7H,1,8-9H2,2-6H3;12*1H4. The maximum absolute atomic E-state index is 6.49. The van der Waals surface area contributed by atoms with Gasteiger partial charge in [-0.05, 0) is 162 Å². The largest absolute Gasteiger partial charge is 0.398 e. The monoisotopic (exact) mass is 2010 g/mol. The van der Waals surface area contributed by atoms with E-state index in [0.29, 0.717) is 67.9 Å². The zero-order valence-corrected chi connectivity index (χ0v) is 88.9. The molecule has 4 bridgehead atoms. The van der Waals surface area contributed by atoms with E-state index < -0.39 is 103 Å². The summed E-state index contributed by atoms with van der Waals surface area (Å²) in [5.74, 6) is 3.08. The Morgan fingerprint density at radius 3 is 0.960 bits per heavy atom. The van der Waals surface area contributed by atoms with Gasteiger partial charge in [0.1, 0.15) is 0 Å². The highest BCUT2D eigenvalue weighted by Gasteiger charge is 2.61. The smallest absolute Gasteiger partial charge is 0.373 e. The van der Waals surface area contributed by atoms with Gasteiger partial charge in [0.05, 0.1) is 0 Å². The Labute approximate surface area is 795 Å². The van der Waals surface area contributed by atoms with E-state index in [1.807, 2.05) is 68.2 Å². The molecule has 0 N–H and O–H groups in total. The Balaban J connectivity index is -0.000000138. The SMILES string of the molecule is C.C.C.C.C.C.C.C.C.C.C.C.C=CC[Si](C[Si](C)(OC)OC)(OC)OC.CCO[Si](C)(C[Si](OCC)(OCC)C1CC2C=CC1C2)OCC.CCO[Si](C)(C[Si](OCC)(OCC)C1CC2CCC1C2)OCC.CO[Si](C)(C[Si](OC)(OC)C1C=CC=C1)OC.CO[Si](C)(C[Si](OC)(OC)C1CCCCC1)OC.CO[Si](C)(C[Si](OC)(OC)c1ccccc1)OC. The van der Waals surface area contributed by atoms with E-state index in [9.17, 15) is 0 Å². The van der Waals surface area contributed by atoms with Gasteiger partial charge in [-0.25, -0.2) is 0 Å². The summed E-state index contributed by atoms with van der Waals surface area (Å²) in [5.41, 5.74) is 6.83. The molecule has 24 nitrogen and oxygen atoms in total. The molecule has 0 saturated heterocycles. The van der Waals surface area contributed by atoms with Gasteiger partial charge in [-0.3, -0.25) is 0 Å². The molecule has 0 spiro atoms. The molecule has 0 aromatic heterocycles. The second kappa shape index (κ2) is 74.0. The lowest BCUT2D eigenvalue weighted by molar-refractivity contribution is 0.150. The van der Waals surface area contributed by atoms with Gasteiger partial charge < -0.3 is 106 Å². The molecule has 36 heteroatoms. The fraction of sp³-hybridized carbons (Fsp3) is 0.844. The van der Waals surface area contributed by atoms with Gasteiger partial charge in [0.2, 0.25) is 0 Å². The summed E-state index contributed by atoms with van der Waals surface area (Å²) in [4.78, 5) is 0. The highest BCUT2D eigenvalue weighted by atomic mass is 28.4. The summed E-state index contributed by atoms with van der Waals surface area (Å²) in [6.45, 7) is 38.6. The van der Waals surface area contributed by atoms with E-state index in [1.165, 1.54) is 70.6 Å². The van der Waals surface area contributed by atoms with Gasteiger partial charge in [-0.1, -0.05) is 194 Å². The normalized spacial score (nSPS) is 18.4. The Hall–Kier alpha value is -0.177. The van der Waals surface area contributed by atoms with Crippen LogP contribution in [0.25, 0.3) is 0 Å². The first kappa shape index (κ1) is 149. The van der Waals surface area contributed by atoms with E-state index in [1.54, 1.807) is 114 Å². The number of benzene rings is 1.